The van der Waals surface area contributed by atoms with E-state index in [9.17, 15) is 0 Å². The van der Waals surface area contributed by atoms with Gasteiger partial charge in [-0.2, -0.15) is 0 Å². The molecule has 0 amide bonds. The zero-order valence-corrected chi connectivity index (χ0v) is 13.1. The van der Waals surface area contributed by atoms with E-state index in [2.05, 4.69) is 48.0 Å². The average molecular weight is 278 g/mol. The number of hydrogen-bond donors (Lipinski definition) is 2. The van der Waals surface area contributed by atoms with Crippen LogP contribution in [0.5, 0.6) is 0 Å². The van der Waals surface area contributed by atoms with E-state index in [1.165, 1.54) is 0 Å². The fourth-order valence-electron chi connectivity index (χ4n) is 2.73. The van der Waals surface area contributed by atoms with Gasteiger partial charge in [0.25, 0.3) is 0 Å². The molecular weight excluding hydrogens is 252 g/mol. The lowest BCUT2D eigenvalue weighted by molar-refractivity contribution is 0.169. The van der Waals surface area contributed by atoms with Crippen LogP contribution in [0, 0.1) is 6.92 Å². The maximum Gasteiger partial charge on any atom is 0.148 e. The molecule has 1 fully saturated rings. The lowest BCUT2D eigenvalue weighted by atomic mass is 10.1. The first-order valence-corrected chi connectivity index (χ1v) is 7.28. The maximum absolute atomic E-state index is 5.58. The minimum Gasteiger partial charge on any atom is -0.353 e. The number of aromatic nitrogens is 2. The monoisotopic (exact) mass is 278 g/mol. The quantitative estimate of drug-likeness (QED) is 0.639. The summed E-state index contributed by atoms with van der Waals surface area (Å²) in [7, 11) is 2.18. The summed E-state index contributed by atoms with van der Waals surface area (Å²) in [4.78, 5) is 13.9. The highest BCUT2D eigenvalue weighted by Gasteiger charge is 2.28. The summed E-state index contributed by atoms with van der Waals surface area (Å²) >= 11 is 0. The van der Waals surface area contributed by atoms with Crippen LogP contribution in [0.3, 0.4) is 0 Å². The van der Waals surface area contributed by atoms with Gasteiger partial charge in [-0.1, -0.05) is 6.92 Å². The molecule has 1 aromatic heterocycles. The van der Waals surface area contributed by atoms with Crippen molar-refractivity contribution in [1.82, 2.24) is 14.9 Å². The van der Waals surface area contributed by atoms with Crippen molar-refractivity contribution in [3.05, 3.63) is 11.4 Å². The Morgan fingerprint density at radius 2 is 1.85 bits per heavy atom. The van der Waals surface area contributed by atoms with E-state index in [0.29, 0.717) is 12.1 Å². The van der Waals surface area contributed by atoms with Crippen LogP contribution < -0.4 is 16.2 Å². The SMILES string of the molecule is CCc1nc(NN)c(C)c(N2CC(C)N(C)C(C)C2)n1. The average Bonchev–Trinajstić information content (AvgIpc) is 2.44. The zero-order valence-electron chi connectivity index (χ0n) is 13.1. The second kappa shape index (κ2) is 5.93. The third-order valence-corrected chi connectivity index (χ3v) is 4.28. The number of hydrazine groups is 1. The molecule has 1 saturated heterocycles. The van der Waals surface area contributed by atoms with Crippen molar-refractivity contribution in [3.8, 4) is 0 Å². The molecule has 2 heterocycles. The number of hydrogen-bond acceptors (Lipinski definition) is 6. The molecule has 0 aliphatic carbocycles. The second-order valence-electron chi connectivity index (χ2n) is 5.70. The normalized spacial score (nSPS) is 24.0. The van der Waals surface area contributed by atoms with Crippen LogP contribution in [-0.2, 0) is 6.42 Å². The first kappa shape index (κ1) is 15.0. The smallest absolute Gasteiger partial charge is 0.148 e. The van der Waals surface area contributed by atoms with Gasteiger partial charge < -0.3 is 10.3 Å². The molecule has 1 aliphatic rings. The van der Waals surface area contributed by atoms with Crippen LogP contribution >= 0.6 is 0 Å². The molecule has 2 unspecified atom stereocenters. The van der Waals surface area contributed by atoms with Gasteiger partial charge in [0.15, 0.2) is 0 Å². The number of nitrogen functional groups attached to an aromatic ring is 1. The highest BCUT2D eigenvalue weighted by atomic mass is 15.3. The number of nitrogens with zero attached hydrogens (tertiary/aromatic N) is 4. The van der Waals surface area contributed by atoms with Crippen LogP contribution in [0.4, 0.5) is 11.6 Å². The summed E-state index contributed by atoms with van der Waals surface area (Å²) in [5, 5.41) is 0. The number of likely N-dealkylation sites (N-methyl/N-ethyl adjacent to an activating group) is 1. The van der Waals surface area contributed by atoms with Gasteiger partial charge in [0, 0.05) is 37.2 Å². The molecule has 6 nitrogen and oxygen atoms in total. The molecule has 0 radical (unpaired) electrons. The number of nitrogens with two attached hydrogens (primary N) is 1. The van der Waals surface area contributed by atoms with Crippen LogP contribution in [-0.4, -0.2) is 47.1 Å². The van der Waals surface area contributed by atoms with Gasteiger partial charge in [-0.15, -0.1) is 0 Å². The zero-order chi connectivity index (χ0) is 14.9. The Morgan fingerprint density at radius 3 is 2.35 bits per heavy atom. The minimum atomic E-state index is 0.507. The van der Waals surface area contributed by atoms with Crippen molar-refractivity contribution in [2.24, 2.45) is 5.84 Å². The summed E-state index contributed by atoms with van der Waals surface area (Å²) < 4.78 is 0. The van der Waals surface area contributed by atoms with Gasteiger partial charge in [0.05, 0.1) is 0 Å². The molecule has 0 saturated carbocycles. The molecular formula is C14H26N6. The third kappa shape index (κ3) is 2.71. The molecule has 2 atom stereocenters. The number of aryl methyl sites for hydroxylation is 1. The topological polar surface area (TPSA) is 70.3 Å². The van der Waals surface area contributed by atoms with Crippen LogP contribution in [0.25, 0.3) is 0 Å². The van der Waals surface area contributed by atoms with E-state index in [1.807, 2.05) is 6.92 Å². The van der Waals surface area contributed by atoms with Crippen LogP contribution in [0.1, 0.15) is 32.2 Å². The van der Waals surface area contributed by atoms with Gasteiger partial charge in [-0.05, 0) is 27.8 Å². The standard InChI is InChI=1S/C14H26N6/c1-6-12-16-13(18-15)11(4)14(17-12)20-7-9(2)19(5)10(3)8-20/h9-10H,6-8,15H2,1-5H3,(H,16,17,18). The summed E-state index contributed by atoms with van der Waals surface area (Å²) in [6.45, 7) is 10.5. The Balaban J connectivity index is 2.36. The van der Waals surface area contributed by atoms with Gasteiger partial charge >= 0.3 is 0 Å². The molecule has 20 heavy (non-hydrogen) atoms. The van der Waals surface area contributed by atoms with Gasteiger partial charge in [-0.3, -0.25) is 4.90 Å². The number of piperazine rings is 1. The first-order chi connectivity index (χ1) is 9.47. The molecule has 1 aromatic rings. The van der Waals surface area contributed by atoms with Crippen LogP contribution in [0.15, 0.2) is 0 Å². The molecule has 3 N–H and O–H groups in total. The Morgan fingerprint density at radius 1 is 1.25 bits per heavy atom. The molecule has 0 bridgehead atoms. The number of nitrogens with one attached hydrogen (secondary N) is 1. The van der Waals surface area contributed by atoms with E-state index >= 15 is 0 Å². The molecule has 1 aliphatic heterocycles. The van der Waals surface area contributed by atoms with Crippen molar-refractivity contribution >= 4 is 11.6 Å². The highest BCUT2D eigenvalue weighted by Crippen LogP contribution is 2.26. The summed E-state index contributed by atoms with van der Waals surface area (Å²) in [5.74, 6) is 8.15. The van der Waals surface area contributed by atoms with Crippen molar-refractivity contribution in [3.63, 3.8) is 0 Å². The number of anilines is 2. The lowest BCUT2D eigenvalue weighted by Crippen LogP contribution is -2.55. The summed E-state index contributed by atoms with van der Waals surface area (Å²) in [6, 6.07) is 1.01. The Kier molecular flexibility index (Phi) is 4.45. The molecule has 6 heteroatoms. The number of rotatable bonds is 3. The third-order valence-electron chi connectivity index (χ3n) is 4.28. The van der Waals surface area contributed by atoms with E-state index < -0.39 is 0 Å². The first-order valence-electron chi connectivity index (χ1n) is 7.28. The lowest BCUT2D eigenvalue weighted by Gasteiger charge is -2.43. The van der Waals surface area contributed by atoms with E-state index in [-0.39, 0.29) is 0 Å². The fourth-order valence-corrected chi connectivity index (χ4v) is 2.73. The Bertz CT molecular complexity index is 463. The predicted octanol–water partition coefficient (Wildman–Crippen LogP) is 1.16. The van der Waals surface area contributed by atoms with Gasteiger partial charge in [-0.25, -0.2) is 15.8 Å². The minimum absolute atomic E-state index is 0.507. The summed E-state index contributed by atoms with van der Waals surface area (Å²) in [5.41, 5.74) is 3.71. The van der Waals surface area contributed by atoms with E-state index in [0.717, 1.165) is 42.5 Å². The van der Waals surface area contributed by atoms with E-state index in [1.54, 1.807) is 0 Å². The summed E-state index contributed by atoms with van der Waals surface area (Å²) in [6.07, 6.45) is 0.806. The second-order valence-corrected chi connectivity index (χ2v) is 5.70. The molecule has 112 valence electrons. The maximum atomic E-state index is 5.58. The fraction of sp³-hybridized carbons (Fsp3) is 0.714. The Hall–Kier alpha value is -1.40. The molecule has 0 aromatic carbocycles. The Labute approximate surface area is 121 Å². The van der Waals surface area contributed by atoms with Crippen molar-refractivity contribution < 1.29 is 0 Å². The van der Waals surface area contributed by atoms with Crippen LogP contribution in [0.2, 0.25) is 0 Å². The van der Waals surface area contributed by atoms with Gasteiger partial charge in [0.2, 0.25) is 0 Å². The largest absolute Gasteiger partial charge is 0.353 e. The predicted molar refractivity (Wildman–Crippen MR) is 82.9 cm³/mol. The van der Waals surface area contributed by atoms with E-state index in [4.69, 9.17) is 10.8 Å². The van der Waals surface area contributed by atoms with Crippen molar-refractivity contribution in [2.75, 3.05) is 30.5 Å². The highest BCUT2D eigenvalue weighted by molar-refractivity contribution is 5.58. The van der Waals surface area contributed by atoms with Crippen molar-refractivity contribution in [1.29, 1.82) is 0 Å². The molecule has 2 rings (SSSR count). The molecule has 0 spiro atoms. The van der Waals surface area contributed by atoms with Crippen molar-refractivity contribution in [2.45, 2.75) is 46.2 Å². The van der Waals surface area contributed by atoms with Gasteiger partial charge in [0.1, 0.15) is 17.5 Å².